The van der Waals surface area contributed by atoms with Crippen LogP contribution in [0.1, 0.15) is 85.5 Å². The van der Waals surface area contributed by atoms with Crippen molar-refractivity contribution >= 4 is 11.8 Å². The van der Waals surface area contributed by atoms with Crippen LogP contribution in [0, 0.1) is 52.3 Å². The summed E-state index contributed by atoms with van der Waals surface area (Å²) in [7, 11) is 0. The van der Waals surface area contributed by atoms with E-state index in [-0.39, 0.29) is 41.1 Å². The SMILES string of the molecule is CC[C@H]1C(=O)C2C(CC[C@@]3(C)C2CCC3[C@H](C)CC(=O)O)C2(C)CC[C@@H](O)CC12. The summed E-state index contributed by atoms with van der Waals surface area (Å²) in [5.74, 6) is 1.80. The first kappa shape index (κ1) is 21.3. The number of aliphatic hydroxyl groups is 1. The number of carbonyl (C=O) groups excluding carboxylic acids is 1. The minimum Gasteiger partial charge on any atom is -0.481 e. The number of carbonyl (C=O) groups is 2. The molecule has 2 N–H and O–H groups in total. The largest absolute Gasteiger partial charge is 0.481 e. The van der Waals surface area contributed by atoms with Crippen molar-refractivity contribution in [3.05, 3.63) is 0 Å². The average Bonchev–Trinajstić information content (AvgIpc) is 3.00. The van der Waals surface area contributed by atoms with Gasteiger partial charge in [-0.3, -0.25) is 9.59 Å². The molecule has 6 unspecified atom stereocenters. The molecule has 4 saturated carbocycles. The van der Waals surface area contributed by atoms with Gasteiger partial charge in [-0.05, 0) is 91.8 Å². The Balaban J connectivity index is 1.67. The lowest BCUT2D eigenvalue weighted by Gasteiger charge is -2.62. The second-order valence-electron chi connectivity index (χ2n) is 11.5. The Labute approximate surface area is 175 Å². The smallest absolute Gasteiger partial charge is 0.303 e. The number of aliphatic carboxylic acids is 1. The Morgan fingerprint density at radius 3 is 2.38 bits per heavy atom. The maximum atomic E-state index is 13.9. The minimum atomic E-state index is -0.700. The fraction of sp³-hybridized carbons (Fsp3) is 0.920. The summed E-state index contributed by atoms with van der Waals surface area (Å²) in [4.78, 5) is 25.2. The normalized spacial score (nSPS) is 50.4. The molecule has 0 heterocycles. The highest BCUT2D eigenvalue weighted by Crippen LogP contribution is 2.68. The van der Waals surface area contributed by atoms with Crippen molar-refractivity contribution in [3.8, 4) is 0 Å². The van der Waals surface area contributed by atoms with Gasteiger partial charge >= 0.3 is 5.97 Å². The van der Waals surface area contributed by atoms with Gasteiger partial charge in [-0.25, -0.2) is 0 Å². The molecule has 0 aromatic carbocycles. The molecule has 164 valence electrons. The van der Waals surface area contributed by atoms with Gasteiger partial charge in [0.15, 0.2) is 0 Å². The summed E-state index contributed by atoms with van der Waals surface area (Å²) in [6.07, 6.45) is 7.98. The summed E-state index contributed by atoms with van der Waals surface area (Å²) in [5.41, 5.74) is 0.270. The number of aliphatic hydroxyl groups excluding tert-OH is 1. The number of ketones is 1. The molecule has 29 heavy (non-hydrogen) atoms. The highest BCUT2D eigenvalue weighted by molar-refractivity contribution is 5.86. The lowest BCUT2D eigenvalue weighted by Crippen LogP contribution is -2.60. The number of carboxylic acids is 1. The molecule has 0 amide bonds. The van der Waals surface area contributed by atoms with Crippen molar-refractivity contribution in [2.24, 2.45) is 52.3 Å². The zero-order chi connectivity index (χ0) is 21.1. The van der Waals surface area contributed by atoms with Crippen LogP contribution in [0.2, 0.25) is 0 Å². The summed E-state index contributed by atoms with van der Waals surface area (Å²) in [6.45, 7) is 9.06. The Hall–Kier alpha value is -0.900. The summed E-state index contributed by atoms with van der Waals surface area (Å²) >= 11 is 0. The molecule has 0 spiro atoms. The molecule has 4 heteroatoms. The van der Waals surface area contributed by atoms with E-state index in [0.29, 0.717) is 29.5 Å². The van der Waals surface area contributed by atoms with Crippen LogP contribution in [0.4, 0.5) is 0 Å². The first-order valence-corrected chi connectivity index (χ1v) is 12.1. The van der Waals surface area contributed by atoms with Crippen LogP contribution in [-0.2, 0) is 9.59 Å². The monoisotopic (exact) mass is 404 g/mol. The molecule has 0 saturated heterocycles. The quantitative estimate of drug-likeness (QED) is 0.696. The molecule has 0 aromatic heterocycles. The molecule has 0 radical (unpaired) electrons. The van der Waals surface area contributed by atoms with Crippen molar-refractivity contribution in [1.82, 2.24) is 0 Å². The van der Waals surface area contributed by atoms with Crippen LogP contribution >= 0.6 is 0 Å². The van der Waals surface area contributed by atoms with Crippen LogP contribution in [-0.4, -0.2) is 28.1 Å². The number of hydrogen-bond acceptors (Lipinski definition) is 3. The highest BCUT2D eigenvalue weighted by atomic mass is 16.4. The van der Waals surface area contributed by atoms with E-state index in [4.69, 9.17) is 0 Å². The van der Waals surface area contributed by atoms with Gasteiger partial charge in [0.1, 0.15) is 5.78 Å². The van der Waals surface area contributed by atoms with Crippen molar-refractivity contribution in [1.29, 1.82) is 0 Å². The lowest BCUT2D eigenvalue weighted by atomic mass is 9.42. The predicted molar refractivity (Wildman–Crippen MR) is 112 cm³/mol. The molecule has 0 aromatic rings. The van der Waals surface area contributed by atoms with E-state index in [1.807, 2.05) is 0 Å². The molecule has 10 atom stereocenters. The number of Topliss-reactive ketones (excluding diaryl/α,β-unsaturated/α-hetero) is 1. The van der Waals surface area contributed by atoms with Gasteiger partial charge in [0.05, 0.1) is 6.10 Å². The first-order valence-electron chi connectivity index (χ1n) is 12.1. The van der Waals surface area contributed by atoms with Gasteiger partial charge in [-0.1, -0.05) is 27.7 Å². The van der Waals surface area contributed by atoms with E-state index >= 15 is 0 Å². The second kappa shape index (κ2) is 7.35. The van der Waals surface area contributed by atoms with Crippen molar-refractivity contribution in [2.45, 2.75) is 91.6 Å². The third-order valence-electron chi connectivity index (χ3n) is 10.4. The van der Waals surface area contributed by atoms with E-state index in [9.17, 15) is 19.8 Å². The lowest BCUT2D eigenvalue weighted by molar-refractivity contribution is -0.173. The van der Waals surface area contributed by atoms with Gasteiger partial charge in [-0.15, -0.1) is 0 Å². The predicted octanol–water partition coefficient (Wildman–Crippen LogP) is 4.93. The molecule has 4 nitrogen and oxygen atoms in total. The maximum Gasteiger partial charge on any atom is 0.303 e. The first-order chi connectivity index (χ1) is 13.6. The molecular weight excluding hydrogens is 364 g/mol. The summed E-state index contributed by atoms with van der Waals surface area (Å²) < 4.78 is 0. The number of fused-ring (bicyclic) bond motifs is 5. The fourth-order valence-electron chi connectivity index (χ4n) is 9.03. The second-order valence-corrected chi connectivity index (χ2v) is 11.5. The molecule has 0 bridgehead atoms. The summed E-state index contributed by atoms with van der Waals surface area (Å²) in [6, 6.07) is 0. The fourth-order valence-corrected chi connectivity index (χ4v) is 9.03. The molecule has 4 aliphatic carbocycles. The highest BCUT2D eigenvalue weighted by Gasteiger charge is 2.65. The van der Waals surface area contributed by atoms with Crippen molar-refractivity contribution in [2.75, 3.05) is 0 Å². The minimum absolute atomic E-state index is 0.0917. The van der Waals surface area contributed by atoms with Gasteiger partial charge in [-0.2, -0.15) is 0 Å². The average molecular weight is 405 g/mol. The third kappa shape index (κ3) is 3.11. The van der Waals surface area contributed by atoms with E-state index in [0.717, 1.165) is 51.4 Å². The van der Waals surface area contributed by atoms with Gasteiger partial charge in [0.25, 0.3) is 0 Å². The Morgan fingerprint density at radius 1 is 1.07 bits per heavy atom. The standard InChI is InChI=1S/C25H40O4/c1-5-16-20-13-15(26)8-10-25(20,4)19-9-11-24(3)17(14(2)12-21(27)28)6-7-18(24)22(19)23(16)29/h14-20,22,26H,5-13H2,1-4H3,(H,27,28)/t14-,15-,16-,17?,18?,19?,20?,22?,24-,25?/m1/s1. The third-order valence-corrected chi connectivity index (χ3v) is 10.4. The number of rotatable bonds is 4. The summed E-state index contributed by atoms with van der Waals surface area (Å²) in [5, 5.41) is 19.7. The van der Waals surface area contributed by atoms with E-state index < -0.39 is 5.97 Å². The van der Waals surface area contributed by atoms with Crippen LogP contribution < -0.4 is 0 Å². The molecular formula is C25H40O4. The number of carboxylic acid groups (broad SMARTS) is 1. The van der Waals surface area contributed by atoms with Crippen molar-refractivity contribution < 1.29 is 19.8 Å². The Bertz CT molecular complexity index is 674. The molecule has 0 aliphatic heterocycles. The van der Waals surface area contributed by atoms with Crippen molar-refractivity contribution in [3.63, 3.8) is 0 Å². The van der Waals surface area contributed by atoms with E-state index in [1.165, 1.54) is 0 Å². The van der Waals surface area contributed by atoms with E-state index in [1.54, 1.807) is 0 Å². The van der Waals surface area contributed by atoms with Crippen LogP contribution in [0.15, 0.2) is 0 Å². The molecule has 4 fully saturated rings. The van der Waals surface area contributed by atoms with Gasteiger partial charge in [0.2, 0.25) is 0 Å². The molecule has 4 rings (SSSR count). The van der Waals surface area contributed by atoms with E-state index in [2.05, 4.69) is 27.7 Å². The maximum absolute atomic E-state index is 13.9. The number of hydrogen-bond donors (Lipinski definition) is 2. The van der Waals surface area contributed by atoms with Gasteiger partial charge < -0.3 is 10.2 Å². The zero-order valence-electron chi connectivity index (χ0n) is 18.7. The van der Waals surface area contributed by atoms with Crippen LogP contribution in [0.3, 0.4) is 0 Å². The van der Waals surface area contributed by atoms with Crippen LogP contribution in [0.5, 0.6) is 0 Å². The Morgan fingerprint density at radius 2 is 1.72 bits per heavy atom. The molecule has 4 aliphatic rings. The topological polar surface area (TPSA) is 74.6 Å². The van der Waals surface area contributed by atoms with Gasteiger partial charge in [0, 0.05) is 18.3 Å². The van der Waals surface area contributed by atoms with Crippen LogP contribution in [0.25, 0.3) is 0 Å². The zero-order valence-corrected chi connectivity index (χ0v) is 18.7. The Kier molecular flexibility index (Phi) is 5.41.